The highest BCUT2D eigenvalue weighted by atomic mass is 32.2. The number of carbonyl (C=O) groups excluding carboxylic acids is 4. The number of thioether (sulfide) groups is 1. The molecule has 34 heavy (non-hydrogen) atoms. The molecule has 4 rings (SSSR count). The zero-order valence-electron chi connectivity index (χ0n) is 18.5. The number of ether oxygens (including phenoxy) is 2. The molecule has 3 heterocycles. The first-order valence-electron chi connectivity index (χ1n) is 11.0. The normalized spacial score (nSPS) is 22.6. The number of carbonyl (C=O) groups is 5. The number of nitrogens with one attached hydrogen (secondary N) is 1. The number of rotatable bonds is 6. The average Bonchev–Trinajstić information content (AvgIpc) is 3.23. The maximum atomic E-state index is 13.3. The monoisotopic (exact) mass is 491 g/mol. The predicted molar refractivity (Wildman–Crippen MR) is 119 cm³/mol. The predicted octanol–water partition coefficient (Wildman–Crippen LogP) is 0.704. The highest BCUT2D eigenvalue weighted by molar-refractivity contribution is 8.14. The van der Waals surface area contributed by atoms with Crippen molar-refractivity contribution in [3.8, 4) is 11.5 Å². The van der Waals surface area contributed by atoms with Gasteiger partial charge in [0.05, 0.1) is 5.25 Å². The van der Waals surface area contributed by atoms with Gasteiger partial charge in [0.1, 0.15) is 6.04 Å². The van der Waals surface area contributed by atoms with Crippen molar-refractivity contribution in [3.05, 3.63) is 23.8 Å². The van der Waals surface area contributed by atoms with Crippen molar-refractivity contribution in [1.29, 1.82) is 0 Å². The highest BCUT2D eigenvalue weighted by Crippen LogP contribution is 2.33. The van der Waals surface area contributed by atoms with Crippen LogP contribution in [0.3, 0.4) is 0 Å². The van der Waals surface area contributed by atoms with Gasteiger partial charge in [-0.15, -0.1) is 0 Å². The van der Waals surface area contributed by atoms with Crippen LogP contribution in [0, 0.1) is 0 Å². The molecule has 1 unspecified atom stereocenters. The third-order valence-corrected chi connectivity index (χ3v) is 6.92. The molecule has 2 saturated heterocycles. The van der Waals surface area contributed by atoms with E-state index in [1.807, 2.05) is 0 Å². The van der Waals surface area contributed by atoms with E-state index in [-0.39, 0.29) is 50.0 Å². The summed E-state index contributed by atoms with van der Waals surface area (Å²) in [5.74, 6) is -1.60. The molecule has 0 aromatic heterocycles. The van der Waals surface area contributed by atoms with Gasteiger partial charge in [-0.25, -0.2) is 9.80 Å². The fraction of sp³-hybridized carbons (Fsp3) is 0.500. The molecule has 3 aliphatic heterocycles. The summed E-state index contributed by atoms with van der Waals surface area (Å²) in [6.45, 7) is 1.71. The number of hydrogen-bond acceptors (Lipinski definition) is 8. The first-order valence-corrected chi connectivity index (χ1v) is 11.8. The summed E-state index contributed by atoms with van der Waals surface area (Å²) >= 11 is 0.840. The lowest BCUT2D eigenvalue weighted by molar-refractivity contribution is -0.180. The van der Waals surface area contributed by atoms with E-state index >= 15 is 0 Å². The second-order valence-corrected chi connectivity index (χ2v) is 9.67. The third kappa shape index (κ3) is 4.96. The number of nitrogens with zero attached hydrogens (tertiary/aromatic N) is 2. The quantitative estimate of drug-likeness (QED) is 0.588. The number of amides is 3. The van der Waals surface area contributed by atoms with Gasteiger partial charge in [-0.2, -0.15) is 0 Å². The van der Waals surface area contributed by atoms with E-state index in [2.05, 4.69) is 5.32 Å². The summed E-state index contributed by atoms with van der Waals surface area (Å²) in [7, 11) is 0. The molecule has 2 fully saturated rings. The van der Waals surface area contributed by atoms with Crippen molar-refractivity contribution in [2.75, 3.05) is 13.3 Å². The van der Waals surface area contributed by atoms with E-state index in [1.54, 1.807) is 18.2 Å². The topological polar surface area (TPSA) is 143 Å². The van der Waals surface area contributed by atoms with Crippen molar-refractivity contribution < 1.29 is 38.6 Å². The second-order valence-electron chi connectivity index (χ2n) is 8.29. The first-order chi connectivity index (χ1) is 16.2. The molecule has 0 spiro atoms. The van der Waals surface area contributed by atoms with Crippen molar-refractivity contribution in [3.63, 3.8) is 0 Å². The van der Waals surface area contributed by atoms with Gasteiger partial charge in [0.2, 0.25) is 18.6 Å². The van der Waals surface area contributed by atoms with Gasteiger partial charge >= 0.3 is 5.97 Å². The zero-order chi connectivity index (χ0) is 24.4. The van der Waals surface area contributed by atoms with Crippen LogP contribution in [-0.4, -0.2) is 74.6 Å². The molecule has 182 valence electrons. The van der Waals surface area contributed by atoms with Gasteiger partial charge in [0, 0.05) is 19.9 Å². The number of fused-ring (bicyclic) bond motifs is 2. The van der Waals surface area contributed by atoms with Crippen LogP contribution < -0.4 is 14.8 Å². The van der Waals surface area contributed by atoms with Gasteiger partial charge in [-0.3, -0.25) is 24.2 Å². The molecule has 1 aromatic rings. The number of carboxylic acids is 1. The molecule has 0 bridgehead atoms. The molecule has 1 aromatic carbocycles. The minimum atomic E-state index is -1.20. The summed E-state index contributed by atoms with van der Waals surface area (Å²) in [5, 5.41) is 13.3. The molecule has 2 N–H and O–H groups in total. The molecule has 0 radical (unpaired) electrons. The number of carboxylic acid groups (broad SMARTS) is 1. The molecule has 0 aliphatic carbocycles. The zero-order valence-corrected chi connectivity index (χ0v) is 19.3. The lowest BCUT2D eigenvalue weighted by Crippen LogP contribution is -2.62. The summed E-state index contributed by atoms with van der Waals surface area (Å²) in [6.07, 6.45) is 0.922. The van der Waals surface area contributed by atoms with Gasteiger partial charge in [0.15, 0.2) is 22.7 Å². The van der Waals surface area contributed by atoms with E-state index in [4.69, 9.17) is 9.47 Å². The molecule has 11 nitrogen and oxygen atoms in total. The third-order valence-electron chi connectivity index (χ3n) is 5.92. The molecular weight excluding hydrogens is 466 g/mol. The van der Waals surface area contributed by atoms with Gasteiger partial charge in [-0.05, 0) is 43.4 Å². The van der Waals surface area contributed by atoms with Crippen molar-refractivity contribution >= 4 is 40.6 Å². The Kier molecular flexibility index (Phi) is 6.96. The van der Waals surface area contributed by atoms with E-state index < -0.39 is 35.1 Å². The van der Waals surface area contributed by atoms with Crippen LogP contribution in [0.1, 0.15) is 38.2 Å². The Balaban J connectivity index is 1.52. The Bertz CT molecular complexity index is 1030. The maximum Gasteiger partial charge on any atom is 0.328 e. The van der Waals surface area contributed by atoms with Crippen LogP contribution in [0.2, 0.25) is 0 Å². The summed E-state index contributed by atoms with van der Waals surface area (Å²) in [6, 6.07) is 2.99. The van der Waals surface area contributed by atoms with E-state index in [1.165, 1.54) is 11.9 Å². The van der Waals surface area contributed by atoms with Crippen LogP contribution >= 0.6 is 11.8 Å². The molecule has 3 amide bonds. The molecule has 3 atom stereocenters. The van der Waals surface area contributed by atoms with E-state index in [0.717, 1.165) is 22.3 Å². The summed E-state index contributed by atoms with van der Waals surface area (Å²) in [5.41, 5.74) is 0.744. The minimum absolute atomic E-state index is 0.00773. The van der Waals surface area contributed by atoms with Crippen molar-refractivity contribution in [1.82, 2.24) is 15.3 Å². The lowest BCUT2D eigenvalue weighted by atomic mass is 10.1. The van der Waals surface area contributed by atoms with Crippen LogP contribution in [0.5, 0.6) is 11.5 Å². The Labute approximate surface area is 199 Å². The second kappa shape index (κ2) is 9.92. The van der Waals surface area contributed by atoms with Crippen LogP contribution in [0.4, 0.5) is 0 Å². The smallest absolute Gasteiger partial charge is 0.328 e. The number of hydrogen-bond donors (Lipinski definition) is 2. The Morgan fingerprint density at radius 2 is 1.97 bits per heavy atom. The van der Waals surface area contributed by atoms with Gasteiger partial charge in [0.25, 0.3) is 5.91 Å². The van der Waals surface area contributed by atoms with E-state index in [9.17, 15) is 29.1 Å². The van der Waals surface area contributed by atoms with Gasteiger partial charge < -0.3 is 19.9 Å². The van der Waals surface area contributed by atoms with Crippen LogP contribution in [0.25, 0.3) is 0 Å². The van der Waals surface area contributed by atoms with Crippen molar-refractivity contribution in [2.45, 2.75) is 56.4 Å². The fourth-order valence-corrected chi connectivity index (χ4v) is 5.18. The highest BCUT2D eigenvalue weighted by Gasteiger charge is 2.45. The SMILES string of the molecule is CC(=O)S[C@H](Cc1ccc2c(c1)OCO2)C(=O)NC1CCC(=O)N2CCC[C@@H](C(=O)O)N2C1=O. The lowest BCUT2D eigenvalue weighted by Gasteiger charge is -2.41. The molecule has 12 heteroatoms. The standard InChI is InChI=1S/C22H25N3O8S/c1-12(26)34-18(10-13-4-6-16-17(9-13)33-11-32-16)20(28)23-14-5-7-19(27)24-8-2-3-15(22(30)31)25(24)21(14)29/h4,6,9,14-15,18H,2-3,5,7-8,10-11H2,1H3,(H,23,28)(H,30,31)/t14?,15-,18+/m0/s1. The number of benzene rings is 1. The summed E-state index contributed by atoms with van der Waals surface area (Å²) in [4.78, 5) is 62.6. The fourth-order valence-electron chi connectivity index (χ4n) is 4.33. The Morgan fingerprint density at radius 3 is 2.71 bits per heavy atom. The first kappa shape index (κ1) is 23.9. The van der Waals surface area contributed by atoms with Gasteiger partial charge in [-0.1, -0.05) is 17.8 Å². The van der Waals surface area contributed by atoms with Crippen LogP contribution in [-0.2, 0) is 30.4 Å². The average molecular weight is 492 g/mol. The molecule has 0 saturated carbocycles. The maximum absolute atomic E-state index is 13.3. The Morgan fingerprint density at radius 1 is 1.21 bits per heavy atom. The Hall–Kier alpha value is -3.28. The van der Waals surface area contributed by atoms with E-state index in [0.29, 0.717) is 17.9 Å². The molecular formula is C22H25N3O8S. The largest absolute Gasteiger partial charge is 0.480 e. The molecule has 3 aliphatic rings. The number of hydrazine groups is 1. The summed E-state index contributed by atoms with van der Waals surface area (Å²) < 4.78 is 10.7. The van der Waals surface area contributed by atoms with Crippen LogP contribution in [0.15, 0.2) is 18.2 Å². The number of aliphatic carboxylic acids is 1. The van der Waals surface area contributed by atoms with Crippen molar-refractivity contribution in [2.24, 2.45) is 0 Å². The minimum Gasteiger partial charge on any atom is -0.480 e.